The predicted octanol–water partition coefficient (Wildman–Crippen LogP) is 4.66. The number of hydrogen-bond donors (Lipinski definition) is 2. The molecule has 2 N–H and O–H groups in total. The minimum absolute atomic E-state index is 0.0188. The van der Waals surface area contributed by atoms with Crippen LogP contribution in [0.15, 0.2) is 47.8 Å². The van der Waals surface area contributed by atoms with E-state index in [4.69, 9.17) is 4.74 Å². The second kappa shape index (κ2) is 8.01. The fourth-order valence-electron chi connectivity index (χ4n) is 2.45. The van der Waals surface area contributed by atoms with Crippen molar-refractivity contribution in [2.24, 2.45) is 0 Å². The van der Waals surface area contributed by atoms with Crippen LogP contribution in [0, 0.1) is 6.92 Å². The van der Waals surface area contributed by atoms with Gasteiger partial charge in [0.25, 0.3) is 5.91 Å². The lowest BCUT2D eigenvalue weighted by Crippen LogP contribution is -2.12. The van der Waals surface area contributed by atoms with Gasteiger partial charge in [0.1, 0.15) is 11.4 Å². The van der Waals surface area contributed by atoms with E-state index in [0.29, 0.717) is 27.8 Å². The number of ether oxygens (including phenoxy) is 1. The third-order valence-corrected chi connectivity index (χ3v) is 4.64. The number of carbonyl (C=O) groups is 2. The number of rotatable bonds is 6. The summed E-state index contributed by atoms with van der Waals surface area (Å²) in [5.74, 6) is 0.369. The predicted molar refractivity (Wildman–Crippen MR) is 108 cm³/mol. The smallest absolute Gasteiger partial charge is 0.275 e. The first-order chi connectivity index (χ1) is 13.0. The average Bonchev–Trinajstić information content (AvgIpc) is 3.11. The molecule has 0 saturated heterocycles. The van der Waals surface area contributed by atoms with Gasteiger partial charge in [0.15, 0.2) is 10.9 Å². The molecule has 1 aromatic heterocycles. The molecule has 0 unspecified atom stereocenters. The Morgan fingerprint density at radius 1 is 1.11 bits per heavy atom. The third kappa shape index (κ3) is 4.51. The van der Waals surface area contributed by atoms with E-state index in [2.05, 4.69) is 15.6 Å². The summed E-state index contributed by atoms with van der Waals surface area (Å²) < 4.78 is 5.34. The van der Waals surface area contributed by atoms with Crippen molar-refractivity contribution in [2.45, 2.75) is 13.8 Å². The number of hydrogen-bond acceptors (Lipinski definition) is 6. The monoisotopic (exact) mass is 381 g/mol. The van der Waals surface area contributed by atoms with Gasteiger partial charge in [-0.05, 0) is 55.8 Å². The van der Waals surface area contributed by atoms with Gasteiger partial charge in [-0.15, -0.1) is 11.3 Å². The number of Topliss-reactive ketones (excluding diaryl/α,β-unsaturated/α-hetero) is 1. The molecule has 0 fully saturated rings. The first-order valence-corrected chi connectivity index (χ1v) is 9.14. The summed E-state index contributed by atoms with van der Waals surface area (Å²) in [6.07, 6.45) is 0. The summed E-state index contributed by atoms with van der Waals surface area (Å²) in [5.41, 5.74) is 3.39. The Morgan fingerprint density at radius 3 is 2.52 bits per heavy atom. The molecule has 0 spiro atoms. The highest BCUT2D eigenvalue weighted by Gasteiger charge is 2.13. The van der Waals surface area contributed by atoms with Gasteiger partial charge in [0.2, 0.25) is 0 Å². The lowest BCUT2D eigenvalue weighted by Gasteiger charge is -2.09. The van der Waals surface area contributed by atoms with Gasteiger partial charge < -0.3 is 15.4 Å². The van der Waals surface area contributed by atoms with Crippen LogP contribution in [0.25, 0.3) is 0 Å². The normalized spacial score (nSPS) is 10.3. The van der Waals surface area contributed by atoms with Crippen molar-refractivity contribution in [1.29, 1.82) is 0 Å². The molecule has 27 heavy (non-hydrogen) atoms. The molecule has 0 aliphatic rings. The SMILES string of the molecule is COc1ccc(C)cc1Nc1nc(C(=O)Nc2ccc(C(C)=O)cc2)cs1. The highest BCUT2D eigenvalue weighted by molar-refractivity contribution is 7.14. The second-order valence-electron chi connectivity index (χ2n) is 5.95. The molecular formula is C20H19N3O3S. The van der Waals surface area contributed by atoms with Crippen LogP contribution in [0.1, 0.15) is 33.3 Å². The number of methoxy groups -OCH3 is 1. The van der Waals surface area contributed by atoms with Gasteiger partial charge in [0.05, 0.1) is 12.8 Å². The molecule has 1 amide bonds. The zero-order chi connectivity index (χ0) is 19.4. The number of carbonyl (C=O) groups excluding carboxylic acids is 2. The second-order valence-corrected chi connectivity index (χ2v) is 6.81. The minimum atomic E-state index is -0.314. The summed E-state index contributed by atoms with van der Waals surface area (Å²) in [4.78, 5) is 28.0. The molecule has 3 aromatic rings. The van der Waals surface area contributed by atoms with Crippen molar-refractivity contribution in [1.82, 2.24) is 4.98 Å². The van der Waals surface area contributed by atoms with Crippen molar-refractivity contribution < 1.29 is 14.3 Å². The number of nitrogens with zero attached hydrogens (tertiary/aromatic N) is 1. The van der Waals surface area contributed by atoms with E-state index in [1.54, 1.807) is 36.8 Å². The van der Waals surface area contributed by atoms with Crippen LogP contribution in [-0.2, 0) is 0 Å². The molecule has 138 valence electrons. The number of ketones is 1. The number of nitrogens with one attached hydrogen (secondary N) is 2. The zero-order valence-corrected chi connectivity index (χ0v) is 16.0. The molecule has 2 aromatic carbocycles. The standard InChI is InChI=1S/C20H19N3O3S/c1-12-4-9-18(26-3)16(10-12)22-20-23-17(11-27-20)19(25)21-15-7-5-14(6-8-15)13(2)24/h4-11H,1-3H3,(H,21,25)(H,22,23). The molecule has 0 aliphatic heterocycles. The largest absolute Gasteiger partial charge is 0.495 e. The van der Waals surface area contributed by atoms with E-state index in [1.165, 1.54) is 18.3 Å². The highest BCUT2D eigenvalue weighted by Crippen LogP contribution is 2.30. The summed E-state index contributed by atoms with van der Waals surface area (Å²) in [5, 5.41) is 8.24. The van der Waals surface area contributed by atoms with Gasteiger partial charge in [-0.3, -0.25) is 9.59 Å². The van der Waals surface area contributed by atoms with Crippen molar-refractivity contribution in [2.75, 3.05) is 17.7 Å². The number of aromatic nitrogens is 1. The van der Waals surface area contributed by atoms with Crippen molar-refractivity contribution in [3.05, 3.63) is 64.7 Å². The van der Waals surface area contributed by atoms with E-state index >= 15 is 0 Å². The Balaban J connectivity index is 1.70. The van der Waals surface area contributed by atoms with E-state index in [0.717, 1.165) is 11.3 Å². The number of thiazole rings is 1. The Kier molecular flexibility index (Phi) is 5.52. The molecule has 6 nitrogen and oxygen atoms in total. The van der Waals surface area contributed by atoms with Gasteiger partial charge in [-0.25, -0.2) is 4.98 Å². The van der Waals surface area contributed by atoms with Crippen molar-refractivity contribution in [3.8, 4) is 5.75 Å². The maximum atomic E-state index is 12.4. The summed E-state index contributed by atoms with van der Waals surface area (Å²) in [6, 6.07) is 12.5. The Labute approximate surface area is 161 Å². The molecule has 0 bridgehead atoms. The lowest BCUT2D eigenvalue weighted by atomic mass is 10.1. The summed E-state index contributed by atoms with van der Waals surface area (Å²) >= 11 is 1.33. The highest BCUT2D eigenvalue weighted by atomic mass is 32.1. The molecule has 0 atom stereocenters. The number of amides is 1. The van der Waals surface area contributed by atoms with E-state index in [-0.39, 0.29) is 11.7 Å². The first kappa shape index (κ1) is 18.6. The third-order valence-electron chi connectivity index (χ3n) is 3.88. The molecule has 0 saturated carbocycles. The molecule has 0 aliphatic carbocycles. The van der Waals surface area contributed by atoms with Crippen LogP contribution >= 0.6 is 11.3 Å². The van der Waals surface area contributed by atoms with Gasteiger partial charge in [-0.1, -0.05) is 6.07 Å². The fraction of sp³-hybridized carbons (Fsp3) is 0.150. The molecular weight excluding hydrogens is 362 g/mol. The molecule has 7 heteroatoms. The maximum absolute atomic E-state index is 12.4. The maximum Gasteiger partial charge on any atom is 0.275 e. The van der Waals surface area contributed by atoms with Crippen LogP contribution in [0.4, 0.5) is 16.5 Å². The zero-order valence-electron chi connectivity index (χ0n) is 15.2. The molecule has 3 rings (SSSR count). The number of benzene rings is 2. The number of anilines is 3. The Bertz CT molecular complexity index is 980. The topological polar surface area (TPSA) is 80.3 Å². The van der Waals surface area contributed by atoms with Crippen LogP contribution in [-0.4, -0.2) is 23.8 Å². The summed E-state index contributed by atoms with van der Waals surface area (Å²) in [6.45, 7) is 3.49. The summed E-state index contributed by atoms with van der Waals surface area (Å²) in [7, 11) is 1.61. The fourth-order valence-corrected chi connectivity index (χ4v) is 3.16. The van der Waals surface area contributed by atoms with E-state index in [9.17, 15) is 9.59 Å². The van der Waals surface area contributed by atoms with Crippen LogP contribution in [0.2, 0.25) is 0 Å². The van der Waals surface area contributed by atoms with E-state index < -0.39 is 0 Å². The molecule has 1 heterocycles. The van der Waals surface area contributed by atoms with Gasteiger partial charge in [0, 0.05) is 16.6 Å². The van der Waals surface area contributed by atoms with Crippen molar-refractivity contribution >= 4 is 39.5 Å². The van der Waals surface area contributed by atoms with Crippen molar-refractivity contribution in [3.63, 3.8) is 0 Å². The van der Waals surface area contributed by atoms with Crippen LogP contribution in [0.5, 0.6) is 5.75 Å². The lowest BCUT2D eigenvalue weighted by molar-refractivity contribution is 0.101. The Hall–Kier alpha value is -3.19. The average molecular weight is 381 g/mol. The Morgan fingerprint density at radius 2 is 1.85 bits per heavy atom. The van der Waals surface area contributed by atoms with Crippen LogP contribution in [0.3, 0.4) is 0 Å². The van der Waals surface area contributed by atoms with E-state index in [1.807, 2.05) is 25.1 Å². The van der Waals surface area contributed by atoms with Gasteiger partial charge in [-0.2, -0.15) is 0 Å². The van der Waals surface area contributed by atoms with Gasteiger partial charge >= 0.3 is 0 Å². The number of aryl methyl sites for hydroxylation is 1. The van der Waals surface area contributed by atoms with Crippen LogP contribution < -0.4 is 15.4 Å². The molecule has 0 radical (unpaired) electrons. The minimum Gasteiger partial charge on any atom is -0.495 e. The quantitative estimate of drug-likeness (QED) is 0.607. The first-order valence-electron chi connectivity index (χ1n) is 8.26.